The molecule has 0 aliphatic heterocycles. The summed E-state index contributed by atoms with van der Waals surface area (Å²) in [6.07, 6.45) is 2.35. The predicted molar refractivity (Wildman–Crippen MR) is 101 cm³/mol. The molecule has 0 radical (unpaired) electrons. The molecule has 0 amide bonds. The van der Waals surface area contributed by atoms with E-state index in [-0.39, 0.29) is 17.0 Å². The average molecular weight is 405 g/mol. The SMILES string of the molecule is CC1(C)CC(=O)C(/C=N/c2nc(-c3ccc(Br)cc3)cs2)=C(O)C1. The molecule has 0 unspecified atom stereocenters. The van der Waals surface area contributed by atoms with Gasteiger partial charge in [-0.2, -0.15) is 0 Å². The molecule has 0 saturated heterocycles. The summed E-state index contributed by atoms with van der Waals surface area (Å²) in [6, 6.07) is 7.88. The quantitative estimate of drug-likeness (QED) is 0.689. The topological polar surface area (TPSA) is 62.5 Å². The lowest BCUT2D eigenvalue weighted by atomic mass is 9.77. The van der Waals surface area contributed by atoms with Crippen LogP contribution in [0.4, 0.5) is 5.13 Å². The summed E-state index contributed by atoms with van der Waals surface area (Å²) in [5.41, 5.74) is 1.95. The van der Waals surface area contributed by atoms with Crippen molar-refractivity contribution < 1.29 is 9.90 Å². The van der Waals surface area contributed by atoms with Crippen LogP contribution in [0, 0.1) is 5.41 Å². The highest BCUT2D eigenvalue weighted by Crippen LogP contribution is 2.35. The number of aromatic nitrogens is 1. The molecule has 1 N–H and O–H groups in total. The number of carbonyl (C=O) groups excluding carboxylic acids is 1. The number of aliphatic imine (C=N–C) groups is 1. The molecule has 3 rings (SSSR count). The highest BCUT2D eigenvalue weighted by molar-refractivity contribution is 9.10. The van der Waals surface area contributed by atoms with E-state index < -0.39 is 0 Å². The molecule has 1 aromatic carbocycles. The Hall–Kier alpha value is -1.79. The van der Waals surface area contributed by atoms with Gasteiger partial charge in [-0.1, -0.05) is 41.9 Å². The molecular weight excluding hydrogens is 388 g/mol. The fraction of sp³-hybridized carbons (Fsp3) is 0.278. The van der Waals surface area contributed by atoms with E-state index in [0.717, 1.165) is 15.7 Å². The number of benzene rings is 1. The van der Waals surface area contributed by atoms with Crippen LogP contribution >= 0.6 is 27.3 Å². The third kappa shape index (κ3) is 3.82. The van der Waals surface area contributed by atoms with Crippen molar-refractivity contribution in [3.8, 4) is 11.3 Å². The number of aliphatic hydroxyl groups is 1. The smallest absolute Gasteiger partial charge is 0.209 e. The molecule has 0 spiro atoms. The number of thiazole rings is 1. The molecule has 0 saturated carbocycles. The number of halogens is 1. The Morgan fingerprint density at radius 1 is 1.29 bits per heavy atom. The van der Waals surface area contributed by atoms with E-state index in [1.807, 2.05) is 43.5 Å². The fourth-order valence-corrected chi connectivity index (χ4v) is 3.58. The molecule has 4 nitrogen and oxygen atoms in total. The second-order valence-electron chi connectivity index (χ2n) is 6.58. The minimum atomic E-state index is -0.200. The van der Waals surface area contributed by atoms with E-state index in [1.165, 1.54) is 17.6 Å². The standard InChI is InChI=1S/C18H17BrN2O2S/c1-18(2)7-15(22)13(16(23)8-18)9-20-17-21-14(10-24-17)11-3-5-12(19)6-4-11/h3-6,9-10,22H,7-8H2,1-2H3/b20-9+. The molecule has 6 heteroatoms. The number of rotatable bonds is 3. The van der Waals surface area contributed by atoms with Gasteiger partial charge in [-0.3, -0.25) is 4.79 Å². The molecule has 124 valence electrons. The number of Topliss-reactive ketones (excluding diaryl/α,β-unsaturated/α-hetero) is 1. The minimum Gasteiger partial charge on any atom is -0.511 e. The van der Waals surface area contributed by atoms with Crippen molar-refractivity contribution in [3.63, 3.8) is 0 Å². The van der Waals surface area contributed by atoms with E-state index in [9.17, 15) is 9.90 Å². The van der Waals surface area contributed by atoms with Crippen molar-refractivity contribution in [1.29, 1.82) is 0 Å². The molecule has 0 bridgehead atoms. The van der Waals surface area contributed by atoms with Gasteiger partial charge in [-0.15, -0.1) is 11.3 Å². The molecule has 24 heavy (non-hydrogen) atoms. The van der Waals surface area contributed by atoms with Crippen LogP contribution in [0.3, 0.4) is 0 Å². The first kappa shape index (κ1) is 17.0. The van der Waals surface area contributed by atoms with Crippen LogP contribution in [0.15, 0.2) is 50.4 Å². The number of hydrogen-bond donors (Lipinski definition) is 1. The van der Waals surface area contributed by atoms with E-state index in [0.29, 0.717) is 23.5 Å². The van der Waals surface area contributed by atoms with Gasteiger partial charge in [0, 0.05) is 34.5 Å². The molecule has 1 aliphatic carbocycles. The van der Waals surface area contributed by atoms with Crippen LogP contribution in [0.2, 0.25) is 0 Å². The largest absolute Gasteiger partial charge is 0.511 e. The highest BCUT2D eigenvalue weighted by atomic mass is 79.9. The molecule has 1 aromatic heterocycles. The number of aliphatic hydroxyl groups excluding tert-OH is 1. The second kappa shape index (κ2) is 6.61. The molecule has 1 heterocycles. The van der Waals surface area contributed by atoms with Crippen LogP contribution in [0.1, 0.15) is 26.7 Å². The van der Waals surface area contributed by atoms with Gasteiger partial charge in [0.15, 0.2) is 5.78 Å². The number of hydrogen-bond acceptors (Lipinski definition) is 5. The van der Waals surface area contributed by atoms with Crippen molar-refractivity contribution in [2.45, 2.75) is 26.7 Å². The van der Waals surface area contributed by atoms with Crippen LogP contribution in [-0.4, -0.2) is 22.1 Å². The zero-order chi connectivity index (χ0) is 17.3. The predicted octanol–water partition coefficient (Wildman–Crippen LogP) is 5.48. The van der Waals surface area contributed by atoms with Crippen LogP contribution < -0.4 is 0 Å². The van der Waals surface area contributed by atoms with Crippen LogP contribution in [0.5, 0.6) is 0 Å². The maximum absolute atomic E-state index is 12.2. The first-order valence-electron chi connectivity index (χ1n) is 7.55. The van der Waals surface area contributed by atoms with E-state index in [2.05, 4.69) is 25.9 Å². The Kier molecular flexibility index (Phi) is 4.69. The summed E-state index contributed by atoms with van der Waals surface area (Å²) < 4.78 is 1.01. The van der Waals surface area contributed by atoms with Crippen molar-refractivity contribution in [2.24, 2.45) is 10.4 Å². The van der Waals surface area contributed by atoms with Crippen LogP contribution in [-0.2, 0) is 4.79 Å². The summed E-state index contributed by atoms with van der Waals surface area (Å²) in [4.78, 5) is 20.9. The zero-order valence-corrected chi connectivity index (χ0v) is 15.8. The number of ketones is 1. The average Bonchev–Trinajstić information content (AvgIpc) is 2.95. The van der Waals surface area contributed by atoms with Crippen molar-refractivity contribution in [1.82, 2.24) is 4.98 Å². The summed E-state index contributed by atoms with van der Waals surface area (Å²) in [7, 11) is 0. The third-order valence-corrected chi connectivity index (χ3v) is 5.11. The van der Waals surface area contributed by atoms with Gasteiger partial charge in [0.25, 0.3) is 0 Å². The van der Waals surface area contributed by atoms with Gasteiger partial charge in [0.2, 0.25) is 5.13 Å². The Balaban J connectivity index is 1.81. The van der Waals surface area contributed by atoms with E-state index in [4.69, 9.17) is 0 Å². The van der Waals surface area contributed by atoms with E-state index >= 15 is 0 Å². The van der Waals surface area contributed by atoms with Gasteiger partial charge in [0.05, 0.1) is 11.3 Å². The lowest BCUT2D eigenvalue weighted by molar-refractivity contribution is -0.117. The summed E-state index contributed by atoms with van der Waals surface area (Å²) in [5.74, 6) is 0.0434. The zero-order valence-electron chi connectivity index (χ0n) is 13.4. The number of carbonyl (C=O) groups is 1. The van der Waals surface area contributed by atoms with Crippen molar-refractivity contribution in [3.05, 3.63) is 45.5 Å². The Morgan fingerprint density at radius 3 is 2.67 bits per heavy atom. The monoisotopic (exact) mass is 404 g/mol. The van der Waals surface area contributed by atoms with E-state index in [1.54, 1.807) is 0 Å². The number of allylic oxidation sites excluding steroid dienone is 2. The molecule has 0 fully saturated rings. The normalized spacial score (nSPS) is 17.7. The Morgan fingerprint density at radius 2 is 2.00 bits per heavy atom. The molecule has 0 atom stereocenters. The lowest BCUT2D eigenvalue weighted by Crippen LogP contribution is -2.26. The summed E-state index contributed by atoms with van der Waals surface area (Å²) in [6.45, 7) is 3.95. The van der Waals surface area contributed by atoms with Crippen molar-refractivity contribution >= 4 is 44.4 Å². The van der Waals surface area contributed by atoms with Gasteiger partial charge >= 0.3 is 0 Å². The Bertz CT molecular complexity index is 835. The fourth-order valence-electron chi connectivity index (χ4n) is 2.64. The maximum Gasteiger partial charge on any atom is 0.209 e. The summed E-state index contributed by atoms with van der Waals surface area (Å²) in [5, 5.41) is 12.6. The Labute approximate surface area is 153 Å². The summed E-state index contributed by atoms with van der Waals surface area (Å²) >= 11 is 4.81. The number of nitrogens with zero attached hydrogens (tertiary/aromatic N) is 2. The van der Waals surface area contributed by atoms with Gasteiger partial charge in [-0.25, -0.2) is 9.98 Å². The van der Waals surface area contributed by atoms with Gasteiger partial charge in [-0.05, 0) is 17.5 Å². The molecular formula is C18H17BrN2O2S. The molecule has 1 aliphatic rings. The first-order chi connectivity index (χ1) is 11.3. The highest BCUT2D eigenvalue weighted by Gasteiger charge is 2.32. The van der Waals surface area contributed by atoms with Crippen molar-refractivity contribution in [2.75, 3.05) is 0 Å². The second-order valence-corrected chi connectivity index (χ2v) is 8.33. The minimum absolute atomic E-state index is 0.0720. The maximum atomic E-state index is 12.2. The first-order valence-corrected chi connectivity index (χ1v) is 9.22. The van der Waals surface area contributed by atoms with Crippen LogP contribution in [0.25, 0.3) is 11.3 Å². The third-order valence-electron chi connectivity index (χ3n) is 3.83. The van der Waals surface area contributed by atoms with Gasteiger partial charge < -0.3 is 5.11 Å². The lowest BCUT2D eigenvalue weighted by Gasteiger charge is -2.28. The van der Waals surface area contributed by atoms with Gasteiger partial charge in [0.1, 0.15) is 5.76 Å². The molecule has 2 aromatic rings.